The molecule has 3 rings (SSSR count). The van der Waals surface area contributed by atoms with Crippen molar-refractivity contribution < 1.29 is 29.3 Å². The first-order chi connectivity index (χ1) is 14.9. The molecule has 164 valence electrons. The van der Waals surface area contributed by atoms with Crippen molar-refractivity contribution in [2.45, 2.75) is 31.1 Å². The summed E-state index contributed by atoms with van der Waals surface area (Å²) in [6.07, 6.45) is -1.12. The number of carbonyl (C=O) groups is 2. The molecule has 0 spiro atoms. The molecule has 1 aliphatic rings. The molecule has 7 heteroatoms. The number of amides is 1. The Labute approximate surface area is 181 Å². The zero-order chi connectivity index (χ0) is 22.4. The third-order valence-corrected chi connectivity index (χ3v) is 5.47. The van der Waals surface area contributed by atoms with Gasteiger partial charge in [-0.2, -0.15) is 0 Å². The molecule has 2 aromatic carbocycles. The smallest absolute Gasteiger partial charge is 0.409 e. The van der Waals surface area contributed by atoms with Gasteiger partial charge in [-0.05, 0) is 28.7 Å². The van der Waals surface area contributed by atoms with Gasteiger partial charge in [-0.3, -0.25) is 4.79 Å². The third kappa shape index (κ3) is 5.13. The Kier molecular flexibility index (Phi) is 7.44. The van der Waals surface area contributed by atoms with Gasteiger partial charge in [0, 0.05) is 19.4 Å². The lowest BCUT2D eigenvalue weighted by atomic mass is 9.98. The predicted molar refractivity (Wildman–Crippen MR) is 115 cm³/mol. The summed E-state index contributed by atoms with van der Waals surface area (Å²) in [7, 11) is 1.41. The van der Waals surface area contributed by atoms with E-state index in [0.29, 0.717) is 0 Å². The van der Waals surface area contributed by atoms with Crippen LogP contribution < -0.4 is 0 Å². The average molecular weight is 425 g/mol. The maximum atomic E-state index is 12.6. The van der Waals surface area contributed by atoms with E-state index in [2.05, 4.69) is 6.58 Å². The standard InChI is InChI=1S/C24H27NO6/c1-3-14-30-22(26)13-12-21(23(27)28)25(2)24(29)31-15-20-18-10-6-4-8-16(18)17-9-5-7-11-19(17)20/h3-11,20-21,23,27-28H,1,12-15H2,2H3/t21-/m0/s1. The predicted octanol–water partition coefficient (Wildman–Crippen LogP) is 3.06. The van der Waals surface area contributed by atoms with Gasteiger partial charge in [0.25, 0.3) is 0 Å². The molecule has 0 radical (unpaired) electrons. The van der Waals surface area contributed by atoms with Crippen molar-refractivity contribution in [2.24, 2.45) is 0 Å². The zero-order valence-electron chi connectivity index (χ0n) is 17.4. The van der Waals surface area contributed by atoms with Crippen LogP contribution >= 0.6 is 0 Å². The van der Waals surface area contributed by atoms with E-state index < -0.39 is 24.4 Å². The Morgan fingerprint density at radius 3 is 2.19 bits per heavy atom. The second-order valence-corrected chi connectivity index (χ2v) is 7.41. The lowest BCUT2D eigenvalue weighted by molar-refractivity contribution is -0.144. The monoisotopic (exact) mass is 425 g/mol. The van der Waals surface area contributed by atoms with Gasteiger partial charge in [-0.15, -0.1) is 0 Å². The SMILES string of the molecule is C=CCOC(=O)CC[C@@H](C(O)O)N(C)C(=O)OCC1c2ccccc2-c2ccccc21. The number of esters is 1. The van der Waals surface area contributed by atoms with Crippen LogP contribution in [0.3, 0.4) is 0 Å². The lowest BCUT2D eigenvalue weighted by Crippen LogP contribution is -2.45. The van der Waals surface area contributed by atoms with Crippen molar-refractivity contribution in [1.82, 2.24) is 4.90 Å². The van der Waals surface area contributed by atoms with Gasteiger partial charge < -0.3 is 24.6 Å². The summed E-state index contributed by atoms with van der Waals surface area (Å²) < 4.78 is 10.4. The number of likely N-dealkylation sites (N-methyl/N-ethyl adjacent to an activating group) is 1. The van der Waals surface area contributed by atoms with Crippen molar-refractivity contribution >= 4 is 12.1 Å². The van der Waals surface area contributed by atoms with Crippen LogP contribution in [-0.2, 0) is 14.3 Å². The lowest BCUT2D eigenvalue weighted by Gasteiger charge is -2.29. The number of hydrogen-bond donors (Lipinski definition) is 2. The maximum Gasteiger partial charge on any atom is 0.409 e. The van der Waals surface area contributed by atoms with E-state index in [9.17, 15) is 19.8 Å². The van der Waals surface area contributed by atoms with Crippen molar-refractivity contribution in [3.63, 3.8) is 0 Å². The number of benzene rings is 2. The minimum absolute atomic E-state index is 0.0222. The Morgan fingerprint density at radius 2 is 1.65 bits per heavy atom. The largest absolute Gasteiger partial charge is 0.461 e. The first kappa shape index (κ1) is 22.5. The molecule has 0 saturated carbocycles. The first-order valence-corrected chi connectivity index (χ1v) is 10.1. The van der Waals surface area contributed by atoms with Crippen LogP contribution in [0.25, 0.3) is 11.1 Å². The highest BCUT2D eigenvalue weighted by Gasteiger charge is 2.31. The van der Waals surface area contributed by atoms with Crippen LogP contribution in [-0.4, -0.2) is 59.8 Å². The first-order valence-electron chi connectivity index (χ1n) is 10.1. The number of rotatable bonds is 9. The Balaban J connectivity index is 1.64. The van der Waals surface area contributed by atoms with Gasteiger partial charge in [-0.1, -0.05) is 61.2 Å². The minimum Gasteiger partial charge on any atom is -0.461 e. The van der Waals surface area contributed by atoms with Gasteiger partial charge in [0.05, 0.1) is 6.04 Å². The summed E-state index contributed by atoms with van der Waals surface area (Å²) in [6, 6.07) is 15.0. The van der Waals surface area contributed by atoms with E-state index >= 15 is 0 Å². The maximum absolute atomic E-state index is 12.6. The van der Waals surface area contributed by atoms with Crippen LogP contribution in [0.4, 0.5) is 4.79 Å². The van der Waals surface area contributed by atoms with Gasteiger partial charge in [0.1, 0.15) is 13.2 Å². The molecule has 1 amide bonds. The van der Waals surface area contributed by atoms with E-state index in [1.54, 1.807) is 0 Å². The van der Waals surface area contributed by atoms with E-state index in [-0.39, 0.29) is 32.0 Å². The topological polar surface area (TPSA) is 96.3 Å². The van der Waals surface area contributed by atoms with Gasteiger partial charge >= 0.3 is 12.1 Å². The fourth-order valence-electron chi connectivity index (χ4n) is 3.86. The van der Waals surface area contributed by atoms with Crippen LogP contribution in [0.15, 0.2) is 61.2 Å². The molecule has 0 saturated heterocycles. The van der Waals surface area contributed by atoms with E-state index in [1.165, 1.54) is 13.1 Å². The molecule has 0 aromatic heterocycles. The molecule has 0 bridgehead atoms. The highest BCUT2D eigenvalue weighted by Crippen LogP contribution is 2.44. The normalized spacial score (nSPS) is 13.3. The highest BCUT2D eigenvalue weighted by atomic mass is 16.6. The van der Waals surface area contributed by atoms with Crippen LogP contribution in [0.2, 0.25) is 0 Å². The number of aliphatic hydroxyl groups excluding tert-OH is 1. The Morgan fingerprint density at radius 1 is 1.06 bits per heavy atom. The second-order valence-electron chi connectivity index (χ2n) is 7.41. The van der Waals surface area contributed by atoms with E-state index in [0.717, 1.165) is 27.2 Å². The molecule has 31 heavy (non-hydrogen) atoms. The number of fused-ring (bicyclic) bond motifs is 3. The van der Waals surface area contributed by atoms with E-state index in [1.807, 2.05) is 48.5 Å². The van der Waals surface area contributed by atoms with Crippen LogP contribution in [0.5, 0.6) is 0 Å². The van der Waals surface area contributed by atoms with Crippen LogP contribution in [0.1, 0.15) is 29.9 Å². The zero-order valence-corrected chi connectivity index (χ0v) is 17.4. The fraction of sp³-hybridized carbons (Fsp3) is 0.333. The van der Waals surface area contributed by atoms with Gasteiger partial charge in [0.2, 0.25) is 0 Å². The van der Waals surface area contributed by atoms with Crippen molar-refractivity contribution in [1.29, 1.82) is 0 Å². The quantitative estimate of drug-likeness (QED) is 0.364. The summed E-state index contributed by atoms with van der Waals surface area (Å²) in [5, 5.41) is 19.4. The third-order valence-electron chi connectivity index (χ3n) is 5.47. The summed E-state index contributed by atoms with van der Waals surface area (Å²) in [4.78, 5) is 25.4. The van der Waals surface area contributed by atoms with Crippen molar-refractivity contribution in [2.75, 3.05) is 20.3 Å². The highest BCUT2D eigenvalue weighted by molar-refractivity contribution is 5.79. The molecule has 1 atom stereocenters. The van der Waals surface area contributed by atoms with Crippen molar-refractivity contribution in [3.8, 4) is 11.1 Å². The number of aliphatic hydroxyl groups is 2. The molecule has 0 unspecified atom stereocenters. The Bertz CT molecular complexity index is 896. The molecule has 2 N–H and O–H groups in total. The molecular formula is C24H27NO6. The molecule has 1 aliphatic carbocycles. The summed E-state index contributed by atoms with van der Waals surface area (Å²) >= 11 is 0. The number of ether oxygens (including phenoxy) is 2. The molecule has 7 nitrogen and oxygen atoms in total. The second kappa shape index (κ2) is 10.2. The molecule has 2 aromatic rings. The number of nitrogens with zero attached hydrogens (tertiary/aromatic N) is 1. The van der Waals surface area contributed by atoms with Crippen molar-refractivity contribution in [3.05, 3.63) is 72.3 Å². The number of hydrogen-bond acceptors (Lipinski definition) is 6. The van der Waals surface area contributed by atoms with Crippen LogP contribution in [0, 0.1) is 0 Å². The molecule has 0 aliphatic heterocycles. The molecule has 0 fully saturated rings. The van der Waals surface area contributed by atoms with E-state index in [4.69, 9.17) is 9.47 Å². The minimum atomic E-state index is -1.82. The number of carbonyl (C=O) groups excluding carboxylic acids is 2. The average Bonchev–Trinajstić information content (AvgIpc) is 3.09. The fourth-order valence-corrected chi connectivity index (χ4v) is 3.86. The van der Waals surface area contributed by atoms with Gasteiger partial charge in [-0.25, -0.2) is 4.79 Å². The summed E-state index contributed by atoms with van der Waals surface area (Å²) in [5.74, 6) is -0.609. The summed E-state index contributed by atoms with van der Waals surface area (Å²) in [6.45, 7) is 3.66. The molecule has 0 heterocycles. The Hall–Kier alpha value is -3.16. The summed E-state index contributed by atoms with van der Waals surface area (Å²) in [5.41, 5.74) is 4.41. The van der Waals surface area contributed by atoms with Gasteiger partial charge in [0.15, 0.2) is 6.29 Å². The molecular weight excluding hydrogens is 398 g/mol.